The van der Waals surface area contributed by atoms with Crippen LogP contribution in [0.15, 0.2) is 67.1 Å². The molecule has 0 atom stereocenters. The summed E-state index contributed by atoms with van der Waals surface area (Å²) in [5.74, 6) is 0.809. The molecule has 0 saturated heterocycles. The molecule has 4 nitrogen and oxygen atoms in total. The van der Waals surface area contributed by atoms with E-state index in [2.05, 4.69) is 34.2 Å². The van der Waals surface area contributed by atoms with Crippen molar-refractivity contribution in [1.82, 2.24) is 15.0 Å². The first-order valence-electron chi connectivity index (χ1n) is 7.37. The SMILES string of the molecule is COc1cccc(-c2cncc(-c3ccc4[nH]ccc4c3)n2)c1. The van der Waals surface area contributed by atoms with Gasteiger partial charge in [0.2, 0.25) is 0 Å². The zero-order valence-electron chi connectivity index (χ0n) is 12.7. The van der Waals surface area contributed by atoms with Crippen molar-refractivity contribution < 1.29 is 4.74 Å². The van der Waals surface area contributed by atoms with Crippen molar-refractivity contribution in [1.29, 1.82) is 0 Å². The molecule has 4 rings (SSSR count). The third kappa shape index (κ3) is 2.55. The average Bonchev–Trinajstić information content (AvgIpc) is 3.09. The lowest BCUT2D eigenvalue weighted by molar-refractivity contribution is 0.415. The Morgan fingerprint density at radius 3 is 2.57 bits per heavy atom. The van der Waals surface area contributed by atoms with Crippen LogP contribution in [0.1, 0.15) is 0 Å². The summed E-state index contributed by atoms with van der Waals surface area (Å²) < 4.78 is 5.28. The molecule has 2 aromatic carbocycles. The molecule has 0 bridgehead atoms. The van der Waals surface area contributed by atoms with Gasteiger partial charge in [-0.3, -0.25) is 4.98 Å². The maximum Gasteiger partial charge on any atom is 0.119 e. The van der Waals surface area contributed by atoms with E-state index >= 15 is 0 Å². The second kappa shape index (κ2) is 5.57. The summed E-state index contributed by atoms with van der Waals surface area (Å²) in [6.07, 6.45) is 5.50. The molecule has 0 unspecified atom stereocenters. The predicted molar refractivity (Wildman–Crippen MR) is 91.3 cm³/mol. The highest BCUT2D eigenvalue weighted by atomic mass is 16.5. The van der Waals surface area contributed by atoms with E-state index < -0.39 is 0 Å². The van der Waals surface area contributed by atoms with E-state index in [1.54, 1.807) is 19.5 Å². The smallest absolute Gasteiger partial charge is 0.119 e. The zero-order valence-corrected chi connectivity index (χ0v) is 12.7. The van der Waals surface area contributed by atoms with Crippen LogP contribution in [0.25, 0.3) is 33.4 Å². The number of hydrogen-bond donors (Lipinski definition) is 1. The predicted octanol–water partition coefficient (Wildman–Crippen LogP) is 4.30. The number of ether oxygens (including phenoxy) is 1. The number of rotatable bonds is 3. The van der Waals surface area contributed by atoms with Crippen molar-refractivity contribution in [3.63, 3.8) is 0 Å². The van der Waals surface area contributed by atoms with Crippen LogP contribution >= 0.6 is 0 Å². The van der Waals surface area contributed by atoms with Crippen LogP contribution in [-0.2, 0) is 0 Å². The van der Waals surface area contributed by atoms with Crippen LogP contribution in [0.3, 0.4) is 0 Å². The highest BCUT2D eigenvalue weighted by Crippen LogP contribution is 2.26. The molecule has 2 heterocycles. The third-order valence-electron chi connectivity index (χ3n) is 3.85. The van der Waals surface area contributed by atoms with E-state index in [4.69, 9.17) is 9.72 Å². The zero-order chi connectivity index (χ0) is 15.6. The minimum absolute atomic E-state index is 0.809. The lowest BCUT2D eigenvalue weighted by Gasteiger charge is -2.06. The number of H-pyrrole nitrogens is 1. The van der Waals surface area contributed by atoms with Crippen LogP contribution in [0, 0.1) is 0 Å². The molecule has 2 aromatic heterocycles. The molecule has 1 N–H and O–H groups in total. The summed E-state index contributed by atoms with van der Waals surface area (Å²) in [6.45, 7) is 0. The van der Waals surface area contributed by atoms with Crippen molar-refractivity contribution in [2.75, 3.05) is 7.11 Å². The molecule has 0 aliphatic rings. The van der Waals surface area contributed by atoms with E-state index in [9.17, 15) is 0 Å². The number of benzene rings is 2. The molecule has 112 valence electrons. The van der Waals surface area contributed by atoms with E-state index in [-0.39, 0.29) is 0 Å². The Labute approximate surface area is 133 Å². The molecule has 0 spiro atoms. The van der Waals surface area contributed by atoms with Gasteiger partial charge in [-0.1, -0.05) is 18.2 Å². The van der Waals surface area contributed by atoms with Crippen LogP contribution in [-0.4, -0.2) is 22.1 Å². The van der Waals surface area contributed by atoms with Crippen molar-refractivity contribution in [3.8, 4) is 28.3 Å². The third-order valence-corrected chi connectivity index (χ3v) is 3.85. The maximum atomic E-state index is 5.28. The minimum Gasteiger partial charge on any atom is -0.497 e. The number of hydrogen-bond acceptors (Lipinski definition) is 3. The van der Waals surface area contributed by atoms with E-state index in [1.165, 1.54) is 0 Å². The fourth-order valence-corrected chi connectivity index (χ4v) is 2.64. The van der Waals surface area contributed by atoms with Gasteiger partial charge in [0.05, 0.1) is 30.9 Å². The molecule has 0 aliphatic carbocycles. The Hall–Kier alpha value is -3.14. The fourth-order valence-electron chi connectivity index (χ4n) is 2.64. The minimum atomic E-state index is 0.809. The molecular formula is C19H15N3O. The van der Waals surface area contributed by atoms with Gasteiger partial charge in [-0.25, -0.2) is 4.98 Å². The van der Waals surface area contributed by atoms with Gasteiger partial charge >= 0.3 is 0 Å². The second-order valence-electron chi connectivity index (χ2n) is 5.30. The van der Waals surface area contributed by atoms with Crippen LogP contribution in [0.2, 0.25) is 0 Å². The Balaban J connectivity index is 1.78. The van der Waals surface area contributed by atoms with Gasteiger partial charge in [0.1, 0.15) is 5.75 Å². The molecule has 0 amide bonds. The molecule has 23 heavy (non-hydrogen) atoms. The van der Waals surface area contributed by atoms with Crippen molar-refractivity contribution in [3.05, 3.63) is 67.1 Å². The number of aromatic nitrogens is 3. The summed E-state index contributed by atoms with van der Waals surface area (Å²) in [5.41, 5.74) is 4.84. The van der Waals surface area contributed by atoms with Crippen molar-refractivity contribution in [2.45, 2.75) is 0 Å². The van der Waals surface area contributed by atoms with Crippen LogP contribution in [0.5, 0.6) is 5.75 Å². The first-order chi connectivity index (χ1) is 11.3. The van der Waals surface area contributed by atoms with E-state index in [0.29, 0.717) is 0 Å². The summed E-state index contributed by atoms with van der Waals surface area (Å²) in [5, 5.41) is 1.16. The number of nitrogens with one attached hydrogen (secondary N) is 1. The molecular weight excluding hydrogens is 286 g/mol. The highest BCUT2D eigenvalue weighted by molar-refractivity contribution is 5.84. The van der Waals surface area contributed by atoms with Crippen LogP contribution in [0.4, 0.5) is 0 Å². The highest BCUT2D eigenvalue weighted by Gasteiger charge is 2.06. The number of fused-ring (bicyclic) bond motifs is 1. The lowest BCUT2D eigenvalue weighted by Crippen LogP contribution is -1.91. The number of aromatic amines is 1. The van der Waals surface area contributed by atoms with Gasteiger partial charge in [0.15, 0.2) is 0 Å². The molecule has 0 radical (unpaired) electrons. The summed E-state index contributed by atoms with van der Waals surface area (Å²) in [4.78, 5) is 12.3. The topological polar surface area (TPSA) is 50.8 Å². The fraction of sp³-hybridized carbons (Fsp3) is 0.0526. The van der Waals surface area contributed by atoms with Crippen LogP contribution < -0.4 is 4.74 Å². The molecule has 4 aromatic rings. The first kappa shape index (κ1) is 13.5. The summed E-state index contributed by atoms with van der Waals surface area (Å²) in [6, 6.07) is 16.1. The Morgan fingerprint density at radius 2 is 1.74 bits per heavy atom. The van der Waals surface area contributed by atoms with Gasteiger partial charge in [-0.2, -0.15) is 0 Å². The summed E-state index contributed by atoms with van der Waals surface area (Å²) >= 11 is 0. The van der Waals surface area contributed by atoms with Gasteiger partial charge in [0.25, 0.3) is 0 Å². The van der Waals surface area contributed by atoms with Gasteiger partial charge in [0, 0.05) is 28.2 Å². The Bertz CT molecular complexity index is 975. The number of methoxy groups -OCH3 is 1. The second-order valence-corrected chi connectivity index (χ2v) is 5.30. The van der Waals surface area contributed by atoms with Gasteiger partial charge < -0.3 is 9.72 Å². The lowest BCUT2D eigenvalue weighted by atomic mass is 10.1. The Kier molecular flexibility index (Phi) is 3.27. The first-order valence-corrected chi connectivity index (χ1v) is 7.37. The summed E-state index contributed by atoms with van der Waals surface area (Å²) in [7, 11) is 1.66. The largest absolute Gasteiger partial charge is 0.497 e. The molecule has 0 fully saturated rings. The van der Waals surface area contributed by atoms with E-state index in [1.807, 2.05) is 30.5 Å². The molecule has 0 saturated carbocycles. The monoisotopic (exact) mass is 301 g/mol. The molecule has 4 heteroatoms. The quantitative estimate of drug-likeness (QED) is 0.614. The standard InChI is InChI=1S/C19H15N3O/c1-23-16-4-2-3-13(10-16)18-11-20-12-19(22-18)14-5-6-17-15(9-14)7-8-21-17/h2-12,21H,1H3. The number of nitrogens with zero attached hydrogens (tertiary/aromatic N) is 2. The van der Waals surface area contributed by atoms with E-state index in [0.717, 1.165) is 39.2 Å². The normalized spacial score (nSPS) is 10.8. The molecule has 0 aliphatic heterocycles. The van der Waals surface area contributed by atoms with Crippen molar-refractivity contribution >= 4 is 10.9 Å². The van der Waals surface area contributed by atoms with Gasteiger partial charge in [-0.15, -0.1) is 0 Å². The van der Waals surface area contributed by atoms with Crippen molar-refractivity contribution in [2.24, 2.45) is 0 Å². The maximum absolute atomic E-state index is 5.28. The van der Waals surface area contributed by atoms with Gasteiger partial charge in [-0.05, 0) is 30.3 Å². The Morgan fingerprint density at radius 1 is 0.913 bits per heavy atom. The average molecular weight is 301 g/mol.